The Kier molecular flexibility index (Phi) is 2.93. The van der Waals surface area contributed by atoms with Crippen LogP contribution < -0.4 is 10.6 Å². The monoisotopic (exact) mass is 197 g/mol. The molecule has 0 aromatic carbocycles. The molecule has 1 saturated heterocycles. The molecule has 13 heavy (non-hydrogen) atoms. The van der Waals surface area contributed by atoms with E-state index >= 15 is 0 Å². The molecule has 72 valence electrons. The fourth-order valence-corrected chi connectivity index (χ4v) is 2.12. The van der Waals surface area contributed by atoms with Gasteiger partial charge in [0.25, 0.3) is 0 Å². The van der Waals surface area contributed by atoms with E-state index in [2.05, 4.69) is 22.5 Å². The third-order valence-electron chi connectivity index (χ3n) is 2.24. The number of nitrogens with one attached hydrogen (secondary N) is 2. The smallest absolute Gasteiger partial charge is 0.107 e. The van der Waals surface area contributed by atoms with Gasteiger partial charge in [-0.1, -0.05) is 0 Å². The van der Waals surface area contributed by atoms with Crippen LogP contribution in [0, 0.1) is 12.8 Å². The molecule has 2 N–H and O–H groups in total. The van der Waals surface area contributed by atoms with Crippen LogP contribution in [0.5, 0.6) is 0 Å². The van der Waals surface area contributed by atoms with Crippen molar-refractivity contribution in [2.24, 2.45) is 5.92 Å². The molecule has 0 radical (unpaired) electrons. The van der Waals surface area contributed by atoms with Crippen molar-refractivity contribution in [1.82, 2.24) is 15.6 Å². The minimum absolute atomic E-state index is 0.834. The van der Waals surface area contributed by atoms with Crippen LogP contribution in [0.15, 0.2) is 6.20 Å². The maximum atomic E-state index is 4.30. The molecule has 1 aromatic heterocycles. The minimum Gasteiger partial charge on any atom is -0.316 e. The van der Waals surface area contributed by atoms with Crippen molar-refractivity contribution in [2.75, 3.05) is 19.6 Å². The largest absolute Gasteiger partial charge is 0.316 e. The summed E-state index contributed by atoms with van der Waals surface area (Å²) in [5, 5.41) is 7.88. The first kappa shape index (κ1) is 9.12. The second-order valence-electron chi connectivity index (χ2n) is 3.52. The molecule has 0 atom stereocenters. The van der Waals surface area contributed by atoms with E-state index in [9.17, 15) is 0 Å². The van der Waals surface area contributed by atoms with Crippen molar-refractivity contribution in [2.45, 2.75) is 13.5 Å². The van der Waals surface area contributed by atoms with Crippen LogP contribution >= 0.6 is 11.3 Å². The molecule has 2 rings (SSSR count). The molecule has 2 heterocycles. The predicted octanol–water partition coefficient (Wildman–Crippen LogP) is 0.761. The minimum atomic E-state index is 0.834. The summed E-state index contributed by atoms with van der Waals surface area (Å²) in [5.74, 6) is 0.834. The zero-order valence-electron chi connectivity index (χ0n) is 7.84. The van der Waals surface area contributed by atoms with Crippen LogP contribution in [0.4, 0.5) is 0 Å². The fraction of sp³-hybridized carbons (Fsp3) is 0.667. The summed E-state index contributed by atoms with van der Waals surface area (Å²) in [7, 11) is 0. The van der Waals surface area contributed by atoms with E-state index in [1.165, 1.54) is 23.0 Å². The van der Waals surface area contributed by atoms with E-state index in [0.29, 0.717) is 0 Å². The van der Waals surface area contributed by atoms with Gasteiger partial charge in [0.05, 0.1) is 0 Å². The Morgan fingerprint density at radius 2 is 2.54 bits per heavy atom. The zero-order chi connectivity index (χ0) is 9.10. The van der Waals surface area contributed by atoms with Gasteiger partial charge in [-0.25, -0.2) is 4.98 Å². The molecule has 1 aliphatic heterocycles. The van der Waals surface area contributed by atoms with Gasteiger partial charge in [0.15, 0.2) is 0 Å². The number of thiazole rings is 1. The number of hydrogen-bond donors (Lipinski definition) is 2. The van der Waals surface area contributed by atoms with E-state index < -0.39 is 0 Å². The fourth-order valence-electron chi connectivity index (χ4n) is 1.36. The Hall–Kier alpha value is -0.450. The number of aryl methyl sites for hydroxylation is 1. The van der Waals surface area contributed by atoms with E-state index in [4.69, 9.17) is 0 Å². The summed E-state index contributed by atoms with van der Waals surface area (Å²) >= 11 is 1.78. The first-order chi connectivity index (χ1) is 6.34. The Morgan fingerprint density at radius 3 is 3.08 bits per heavy atom. The highest BCUT2D eigenvalue weighted by molar-refractivity contribution is 7.11. The molecule has 4 heteroatoms. The first-order valence-electron chi connectivity index (χ1n) is 4.67. The number of hydrogen-bond acceptors (Lipinski definition) is 4. The van der Waals surface area contributed by atoms with Crippen LogP contribution in [0.25, 0.3) is 0 Å². The summed E-state index contributed by atoms with van der Waals surface area (Å²) in [5.41, 5.74) is 0. The average Bonchev–Trinajstić information content (AvgIpc) is 2.42. The highest BCUT2D eigenvalue weighted by Gasteiger charge is 2.15. The Morgan fingerprint density at radius 1 is 1.69 bits per heavy atom. The summed E-state index contributed by atoms with van der Waals surface area (Å²) < 4.78 is 0. The first-order valence-corrected chi connectivity index (χ1v) is 5.49. The standard InChI is InChI=1S/C9H15N3S/c1-7-2-12-9(13-7)6-11-5-8-3-10-4-8/h2,8,10-11H,3-6H2,1H3. The quantitative estimate of drug-likeness (QED) is 0.748. The molecular weight excluding hydrogens is 182 g/mol. The van der Waals surface area contributed by atoms with Gasteiger partial charge in [-0.05, 0) is 12.8 Å². The molecule has 0 unspecified atom stereocenters. The Bertz CT molecular complexity index is 268. The maximum absolute atomic E-state index is 4.30. The lowest BCUT2D eigenvalue weighted by Crippen LogP contribution is -2.47. The van der Waals surface area contributed by atoms with Gasteiger partial charge in [0.2, 0.25) is 0 Å². The lowest BCUT2D eigenvalue weighted by Gasteiger charge is -2.26. The molecule has 1 aliphatic rings. The average molecular weight is 197 g/mol. The molecule has 0 amide bonds. The van der Waals surface area contributed by atoms with E-state index in [0.717, 1.165) is 19.0 Å². The molecule has 1 aromatic rings. The molecular formula is C9H15N3S. The zero-order valence-corrected chi connectivity index (χ0v) is 8.66. The molecule has 3 nitrogen and oxygen atoms in total. The lowest BCUT2D eigenvalue weighted by atomic mass is 10.0. The number of aromatic nitrogens is 1. The lowest BCUT2D eigenvalue weighted by molar-refractivity contribution is 0.331. The van der Waals surface area contributed by atoms with Gasteiger partial charge < -0.3 is 10.6 Å². The number of rotatable bonds is 4. The third-order valence-corrected chi connectivity index (χ3v) is 3.16. The molecule has 1 fully saturated rings. The second-order valence-corrected chi connectivity index (χ2v) is 4.84. The van der Waals surface area contributed by atoms with Crippen molar-refractivity contribution in [3.05, 3.63) is 16.1 Å². The maximum Gasteiger partial charge on any atom is 0.107 e. The van der Waals surface area contributed by atoms with Crippen molar-refractivity contribution < 1.29 is 0 Å². The van der Waals surface area contributed by atoms with Crippen LogP contribution in [-0.4, -0.2) is 24.6 Å². The molecule has 0 spiro atoms. The van der Waals surface area contributed by atoms with Crippen LogP contribution in [-0.2, 0) is 6.54 Å². The van der Waals surface area contributed by atoms with Gasteiger partial charge in [-0.3, -0.25) is 0 Å². The van der Waals surface area contributed by atoms with Crippen molar-refractivity contribution >= 4 is 11.3 Å². The van der Waals surface area contributed by atoms with Gasteiger partial charge in [-0.2, -0.15) is 0 Å². The normalized spacial score (nSPS) is 17.3. The molecule has 0 aliphatic carbocycles. The number of nitrogens with zero attached hydrogens (tertiary/aromatic N) is 1. The van der Waals surface area contributed by atoms with Gasteiger partial charge >= 0.3 is 0 Å². The summed E-state index contributed by atoms with van der Waals surface area (Å²) in [4.78, 5) is 5.59. The van der Waals surface area contributed by atoms with Crippen LogP contribution in [0.1, 0.15) is 9.88 Å². The van der Waals surface area contributed by atoms with Crippen molar-refractivity contribution in [3.63, 3.8) is 0 Å². The van der Waals surface area contributed by atoms with Crippen LogP contribution in [0.3, 0.4) is 0 Å². The Labute approximate surface area is 82.6 Å². The highest BCUT2D eigenvalue weighted by Crippen LogP contribution is 2.10. The summed E-state index contributed by atoms with van der Waals surface area (Å²) in [6.07, 6.45) is 1.94. The van der Waals surface area contributed by atoms with Crippen molar-refractivity contribution in [3.8, 4) is 0 Å². The Balaban J connectivity index is 1.67. The van der Waals surface area contributed by atoms with Crippen molar-refractivity contribution in [1.29, 1.82) is 0 Å². The molecule has 0 saturated carbocycles. The van der Waals surface area contributed by atoms with Crippen LogP contribution in [0.2, 0.25) is 0 Å². The van der Waals surface area contributed by atoms with Gasteiger partial charge in [0, 0.05) is 37.3 Å². The summed E-state index contributed by atoms with van der Waals surface area (Å²) in [6, 6.07) is 0. The second kappa shape index (κ2) is 4.17. The third kappa shape index (κ3) is 2.49. The van der Waals surface area contributed by atoms with Gasteiger partial charge in [-0.15, -0.1) is 11.3 Å². The van der Waals surface area contributed by atoms with E-state index in [1.807, 2.05) is 6.20 Å². The van der Waals surface area contributed by atoms with E-state index in [-0.39, 0.29) is 0 Å². The SMILES string of the molecule is Cc1cnc(CNCC2CNC2)s1. The highest BCUT2D eigenvalue weighted by atomic mass is 32.1. The molecule has 0 bridgehead atoms. The van der Waals surface area contributed by atoms with Gasteiger partial charge in [0.1, 0.15) is 5.01 Å². The predicted molar refractivity (Wildman–Crippen MR) is 54.9 cm³/mol. The van der Waals surface area contributed by atoms with E-state index in [1.54, 1.807) is 11.3 Å². The summed E-state index contributed by atoms with van der Waals surface area (Å²) in [6.45, 7) is 6.48. The topological polar surface area (TPSA) is 37.0 Å².